The zero-order chi connectivity index (χ0) is 34.0. The third kappa shape index (κ3) is 7.23. The third-order valence-corrected chi connectivity index (χ3v) is 9.18. The van der Waals surface area contributed by atoms with Crippen LogP contribution in [0, 0.1) is 12.7 Å². The number of rotatable bonds is 13. The van der Waals surface area contributed by atoms with Gasteiger partial charge < -0.3 is 35.1 Å². The van der Waals surface area contributed by atoms with Crippen LogP contribution in [-0.4, -0.2) is 119 Å². The number of halogens is 1. The summed E-state index contributed by atoms with van der Waals surface area (Å²) in [6, 6.07) is 11.0. The lowest BCUT2D eigenvalue weighted by molar-refractivity contribution is -0.174. The minimum Gasteiger partial charge on any atom is -0.391 e. The summed E-state index contributed by atoms with van der Waals surface area (Å²) >= 11 is 0. The molecule has 45 heavy (non-hydrogen) atoms. The Morgan fingerprint density at radius 2 is 1.64 bits per heavy atom. The molecule has 0 aromatic heterocycles. The number of anilines is 1. The van der Waals surface area contributed by atoms with Gasteiger partial charge in [0, 0.05) is 49.3 Å². The maximum atomic E-state index is 16.7. The number of hydrogen-bond acceptors (Lipinski definition) is 7. The highest BCUT2D eigenvalue weighted by Crippen LogP contribution is 2.38. The predicted octanol–water partition coefficient (Wildman–Crippen LogP) is -3.64. The van der Waals surface area contributed by atoms with Crippen molar-refractivity contribution < 1.29 is 28.6 Å². The molecule has 2 aromatic rings. The van der Waals surface area contributed by atoms with E-state index in [2.05, 4.69) is 15.5 Å². The molecule has 1 fully saturated rings. The maximum absolute atomic E-state index is 16.7. The van der Waals surface area contributed by atoms with Crippen molar-refractivity contribution in [3.8, 4) is 0 Å². The molecule has 0 spiro atoms. The zero-order valence-corrected chi connectivity index (χ0v) is 28.5. The monoisotopic (exact) mass is 614 g/mol. The molecule has 0 aliphatic carbocycles. The van der Waals surface area contributed by atoms with E-state index < -0.39 is 27.6 Å². The fraction of sp³-hybridized carbons (Fsp3) is 0.483. The van der Waals surface area contributed by atoms with Gasteiger partial charge in [-0.3, -0.25) is 9.59 Å². The van der Waals surface area contributed by atoms with E-state index in [0.717, 1.165) is 10.5 Å². The summed E-state index contributed by atoms with van der Waals surface area (Å²) in [5, 5.41) is 14.8. The number of carbonyl (C=O) groups is 3. The predicted molar refractivity (Wildman–Crippen MR) is 191 cm³/mol. The van der Waals surface area contributed by atoms with Gasteiger partial charge in [-0.25, -0.2) is 4.39 Å². The Kier molecular flexibility index (Phi) is 11.2. The van der Waals surface area contributed by atoms with Gasteiger partial charge in [-0.1, -0.05) is 30.3 Å². The standard InChI is InChI=1S/C29H45B6FN4O5/c1-17-8-5-11-22(23(17)29(34,35)40(16-42)26(44,12-7-13-41)25(43)37-4)38-27(30,31)20-9-6-10-21(24(20)36)28(32,33)39-14-18(2)45-19(3)15-39/h5-6,8-11,13,16,18-19,38,44H,7,12,14-15,30-35H2,1-4H3,(H,37,43). The Hall–Kier alpha value is -2.95. The SMILES string of the molecule is BC(B)(Nc1cccc(C)c1C(B)(B)N(C=O)C(O)(CCC=O)C(=O)NC)c1cccc(C(B)(B)N2CC(C)OC(C)C2)c1F. The van der Waals surface area contributed by atoms with Gasteiger partial charge in [0.25, 0.3) is 5.91 Å². The van der Waals surface area contributed by atoms with E-state index >= 15 is 4.39 Å². The Bertz CT molecular complexity index is 1410. The summed E-state index contributed by atoms with van der Waals surface area (Å²) in [6.45, 7) is 7.31. The van der Waals surface area contributed by atoms with Crippen molar-refractivity contribution in [3.63, 3.8) is 0 Å². The first kappa shape index (κ1) is 36.5. The minimum absolute atomic E-state index is 0.0332. The van der Waals surface area contributed by atoms with Crippen LogP contribution in [0.1, 0.15) is 48.9 Å². The Balaban J connectivity index is 2.09. The summed E-state index contributed by atoms with van der Waals surface area (Å²) in [5.41, 5.74) is 0.773. The number of aliphatic hydroxyl groups is 1. The molecule has 16 heteroatoms. The zero-order valence-electron chi connectivity index (χ0n) is 28.5. The van der Waals surface area contributed by atoms with Crippen LogP contribution in [0.3, 0.4) is 0 Å². The van der Waals surface area contributed by atoms with Crippen molar-refractivity contribution in [2.24, 2.45) is 0 Å². The van der Waals surface area contributed by atoms with Crippen LogP contribution in [0.25, 0.3) is 0 Å². The van der Waals surface area contributed by atoms with E-state index in [1.54, 1.807) is 21.8 Å². The number of ether oxygens (including phenoxy) is 1. The normalized spacial score (nSPS) is 19.2. The first-order chi connectivity index (χ1) is 20.9. The number of aryl methyl sites for hydroxylation is 1. The molecule has 236 valence electrons. The first-order valence-corrected chi connectivity index (χ1v) is 15.6. The molecule has 1 saturated heterocycles. The smallest absolute Gasteiger partial charge is 0.273 e. The first-order valence-electron chi connectivity index (χ1n) is 15.6. The molecule has 0 bridgehead atoms. The van der Waals surface area contributed by atoms with Gasteiger partial charge in [-0.2, -0.15) is 0 Å². The molecule has 1 aliphatic rings. The van der Waals surface area contributed by atoms with Gasteiger partial charge in [0.2, 0.25) is 12.1 Å². The second-order valence-corrected chi connectivity index (χ2v) is 13.8. The van der Waals surface area contributed by atoms with E-state index in [4.69, 9.17) is 4.74 Å². The van der Waals surface area contributed by atoms with Crippen LogP contribution in [-0.2, 0) is 35.1 Å². The van der Waals surface area contributed by atoms with Crippen LogP contribution in [0.5, 0.6) is 0 Å². The number of hydrogen-bond donors (Lipinski definition) is 3. The number of carbonyl (C=O) groups excluding carboxylic acids is 3. The molecule has 2 amide bonds. The molecule has 1 heterocycles. The van der Waals surface area contributed by atoms with Crippen LogP contribution >= 0.6 is 0 Å². The molecular formula is C29H45B6FN4O5. The highest BCUT2D eigenvalue weighted by atomic mass is 19.1. The largest absolute Gasteiger partial charge is 0.391 e. The third-order valence-electron chi connectivity index (χ3n) is 9.18. The van der Waals surface area contributed by atoms with Crippen molar-refractivity contribution >= 4 is 71.4 Å². The van der Waals surface area contributed by atoms with Crippen LogP contribution < -0.4 is 10.6 Å². The number of aldehydes is 1. The molecule has 0 radical (unpaired) electrons. The summed E-state index contributed by atoms with van der Waals surface area (Å²) in [6.07, 6.45) is 0.672. The summed E-state index contributed by atoms with van der Waals surface area (Å²) in [4.78, 5) is 40.1. The quantitative estimate of drug-likeness (QED) is 0.122. The van der Waals surface area contributed by atoms with Gasteiger partial charge in [0.15, 0.2) is 0 Å². The molecule has 3 rings (SSSR count). The van der Waals surface area contributed by atoms with Crippen molar-refractivity contribution in [1.29, 1.82) is 0 Å². The summed E-state index contributed by atoms with van der Waals surface area (Å²) < 4.78 is 22.6. The lowest BCUT2D eigenvalue weighted by atomic mass is 9.53. The van der Waals surface area contributed by atoms with Gasteiger partial charge in [-0.05, 0) is 54.4 Å². The van der Waals surface area contributed by atoms with E-state index in [9.17, 15) is 19.5 Å². The molecule has 3 unspecified atom stereocenters. The van der Waals surface area contributed by atoms with Crippen molar-refractivity contribution in [2.45, 2.75) is 67.6 Å². The van der Waals surface area contributed by atoms with Crippen molar-refractivity contribution in [2.75, 3.05) is 25.5 Å². The summed E-state index contributed by atoms with van der Waals surface area (Å²) in [5.74, 6) is -1.11. The van der Waals surface area contributed by atoms with E-state index in [-0.39, 0.29) is 30.9 Å². The van der Waals surface area contributed by atoms with Crippen molar-refractivity contribution in [3.05, 3.63) is 64.5 Å². The minimum atomic E-state index is -2.30. The van der Waals surface area contributed by atoms with Crippen molar-refractivity contribution in [1.82, 2.24) is 15.1 Å². The Labute approximate surface area is 272 Å². The molecule has 2 aromatic carbocycles. The Morgan fingerprint density at radius 3 is 2.20 bits per heavy atom. The number of morpholine rings is 1. The topological polar surface area (TPSA) is 111 Å². The van der Waals surface area contributed by atoms with Crippen LogP contribution in [0.4, 0.5) is 10.1 Å². The molecule has 9 nitrogen and oxygen atoms in total. The second-order valence-electron chi connectivity index (χ2n) is 13.8. The lowest BCUT2D eigenvalue weighted by Crippen LogP contribution is -2.65. The van der Waals surface area contributed by atoms with Gasteiger partial charge in [-0.15, -0.1) is 0 Å². The number of nitrogens with zero attached hydrogens (tertiary/aromatic N) is 2. The highest BCUT2D eigenvalue weighted by molar-refractivity contribution is 6.43. The van der Waals surface area contributed by atoms with E-state index in [1.165, 1.54) is 7.05 Å². The van der Waals surface area contributed by atoms with E-state index in [1.807, 2.05) is 82.5 Å². The van der Waals surface area contributed by atoms with Gasteiger partial charge in [0.1, 0.15) is 59.2 Å². The average molecular weight is 614 g/mol. The fourth-order valence-electron chi connectivity index (χ4n) is 6.89. The lowest BCUT2D eigenvalue weighted by Gasteiger charge is -2.48. The summed E-state index contributed by atoms with van der Waals surface area (Å²) in [7, 11) is 12.7. The van der Waals surface area contributed by atoms with Crippen LogP contribution in [0.2, 0.25) is 0 Å². The average Bonchev–Trinajstić information content (AvgIpc) is 2.94. The van der Waals surface area contributed by atoms with Gasteiger partial charge >= 0.3 is 0 Å². The molecular weight excluding hydrogens is 568 g/mol. The second kappa shape index (κ2) is 13.8. The molecule has 3 N–H and O–H groups in total. The maximum Gasteiger partial charge on any atom is 0.273 e. The van der Waals surface area contributed by atoms with Crippen LogP contribution in [0.15, 0.2) is 36.4 Å². The number of nitrogens with one attached hydrogen (secondary N) is 2. The Morgan fingerprint density at radius 1 is 1.07 bits per heavy atom. The number of likely N-dealkylation sites (N-methyl/N-ethyl adjacent to an activating group) is 1. The molecule has 0 saturated carbocycles. The number of amides is 2. The van der Waals surface area contributed by atoms with E-state index in [0.29, 0.717) is 48.2 Å². The fourth-order valence-corrected chi connectivity index (χ4v) is 6.89. The van der Waals surface area contributed by atoms with Gasteiger partial charge in [0.05, 0.1) is 12.2 Å². The molecule has 3 atom stereocenters. The highest BCUT2D eigenvalue weighted by Gasteiger charge is 2.49. The number of benzene rings is 2. The molecule has 1 aliphatic heterocycles.